The maximum absolute atomic E-state index is 11.9. The topological polar surface area (TPSA) is 22.0 Å². The van der Waals surface area contributed by atoms with Gasteiger partial charge in [0.25, 0.3) is 0 Å². The SMILES string of the molecule is CCS[P+](S)(SCC)c1csn(C)c1=O. The first kappa shape index (κ1) is 14.0. The summed E-state index contributed by atoms with van der Waals surface area (Å²) in [6.07, 6.45) is 0. The molecule has 0 radical (unpaired) electrons. The van der Waals surface area contributed by atoms with Crippen LogP contribution in [0.15, 0.2) is 10.2 Å². The van der Waals surface area contributed by atoms with Gasteiger partial charge in [0.15, 0.2) is 0 Å². The highest BCUT2D eigenvalue weighted by molar-refractivity contribution is 9.17. The third-order valence-corrected chi connectivity index (χ3v) is 14.3. The Hall–Kier alpha value is 0.910. The highest BCUT2D eigenvalue weighted by atomic mass is 33.4. The van der Waals surface area contributed by atoms with Gasteiger partial charge < -0.3 is 0 Å². The molecule has 0 aromatic carbocycles. The summed E-state index contributed by atoms with van der Waals surface area (Å²) in [6, 6.07) is 0. The van der Waals surface area contributed by atoms with Gasteiger partial charge in [0.05, 0.1) is 5.38 Å². The van der Waals surface area contributed by atoms with Crippen LogP contribution in [0.1, 0.15) is 13.8 Å². The molecule has 7 heteroatoms. The number of nitrogens with zero attached hydrogens (tertiary/aromatic N) is 1. The van der Waals surface area contributed by atoms with Gasteiger partial charge >= 0.3 is 5.56 Å². The highest BCUT2D eigenvalue weighted by Crippen LogP contribution is 2.81. The molecule has 2 nitrogen and oxygen atoms in total. The van der Waals surface area contributed by atoms with E-state index in [1.54, 1.807) is 3.96 Å². The van der Waals surface area contributed by atoms with E-state index in [4.69, 9.17) is 12.2 Å². The van der Waals surface area contributed by atoms with Crippen molar-refractivity contribution in [3.8, 4) is 0 Å². The molecule has 0 aliphatic heterocycles. The van der Waals surface area contributed by atoms with Crippen molar-refractivity contribution in [2.45, 2.75) is 13.8 Å². The molecule has 0 atom stereocenters. The molecule has 15 heavy (non-hydrogen) atoms. The summed E-state index contributed by atoms with van der Waals surface area (Å²) < 4.78 is 1.67. The van der Waals surface area contributed by atoms with Gasteiger partial charge in [0.2, 0.25) is 10.2 Å². The van der Waals surface area contributed by atoms with Crippen molar-refractivity contribution in [1.29, 1.82) is 0 Å². The van der Waals surface area contributed by atoms with Gasteiger partial charge in [-0.05, 0) is 0 Å². The second kappa shape index (κ2) is 6.01. The van der Waals surface area contributed by atoms with Gasteiger partial charge in [-0.25, -0.2) is 0 Å². The zero-order chi connectivity index (χ0) is 11.5. The average Bonchev–Trinajstić information content (AvgIpc) is 2.49. The summed E-state index contributed by atoms with van der Waals surface area (Å²) in [6.45, 7) is 4.23. The number of rotatable bonds is 5. The maximum atomic E-state index is 11.9. The molecule has 0 fully saturated rings. The fraction of sp³-hybridized carbons (Fsp3) is 0.625. The van der Waals surface area contributed by atoms with E-state index in [0.717, 1.165) is 16.8 Å². The van der Waals surface area contributed by atoms with Crippen LogP contribution in [-0.4, -0.2) is 15.5 Å². The van der Waals surface area contributed by atoms with E-state index in [1.165, 1.54) is 11.5 Å². The van der Waals surface area contributed by atoms with Crippen LogP contribution in [0.25, 0.3) is 0 Å². The van der Waals surface area contributed by atoms with Crippen molar-refractivity contribution in [2.24, 2.45) is 7.05 Å². The van der Waals surface area contributed by atoms with Gasteiger partial charge in [0, 0.05) is 53.6 Å². The van der Waals surface area contributed by atoms with Gasteiger partial charge in [0.1, 0.15) is 0 Å². The molecule has 1 heterocycles. The van der Waals surface area contributed by atoms with Gasteiger partial charge in [-0.1, -0.05) is 25.4 Å². The second-order valence-corrected chi connectivity index (χ2v) is 15.9. The molecule has 0 spiro atoms. The van der Waals surface area contributed by atoms with Crippen LogP contribution in [0.2, 0.25) is 0 Å². The first-order valence-electron chi connectivity index (χ1n) is 4.61. The molecule has 0 aliphatic carbocycles. The Bertz CT molecular complexity index is 369. The van der Waals surface area contributed by atoms with Crippen LogP contribution in [0, 0.1) is 0 Å². The lowest BCUT2D eigenvalue weighted by Crippen LogP contribution is -2.25. The van der Waals surface area contributed by atoms with E-state index in [1.807, 2.05) is 35.2 Å². The number of aromatic nitrogens is 1. The predicted molar refractivity (Wildman–Crippen MR) is 81.4 cm³/mol. The molecule has 1 rings (SSSR count). The third kappa shape index (κ3) is 3.19. The van der Waals surface area contributed by atoms with Crippen LogP contribution in [0.5, 0.6) is 0 Å². The minimum absolute atomic E-state index is 0.130. The van der Waals surface area contributed by atoms with Crippen molar-refractivity contribution < 1.29 is 0 Å². The number of aryl methyl sites for hydroxylation is 1. The molecule has 0 bridgehead atoms. The van der Waals surface area contributed by atoms with Crippen LogP contribution in [-0.2, 0) is 7.05 Å². The normalized spacial score (nSPS) is 12.0. The summed E-state index contributed by atoms with van der Waals surface area (Å²) in [5.74, 6) is 2.01. The van der Waals surface area contributed by atoms with Crippen LogP contribution in [0.3, 0.4) is 0 Å². The molecule has 1 aromatic heterocycles. The standard InChI is InChI=1S/C8H15NOPS4/c1-4-14-11(12,15-5-2)7-6-13-9(3)8(7)10/h6,12H,4-5H2,1-3H3/q+1. The van der Waals surface area contributed by atoms with Crippen LogP contribution < -0.4 is 10.9 Å². The third-order valence-electron chi connectivity index (χ3n) is 1.74. The van der Waals surface area contributed by atoms with E-state index in [2.05, 4.69) is 13.8 Å². The van der Waals surface area contributed by atoms with Crippen molar-refractivity contribution in [3.63, 3.8) is 0 Å². The predicted octanol–water partition coefficient (Wildman–Crippen LogP) is 3.27. The van der Waals surface area contributed by atoms with Gasteiger partial charge in [-0.2, -0.15) is 0 Å². The monoisotopic (exact) mass is 300 g/mol. The lowest BCUT2D eigenvalue weighted by Gasteiger charge is -2.12. The maximum Gasteiger partial charge on any atom is 0.305 e. The van der Waals surface area contributed by atoms with E-state index in [0.29, 0.717) is 0 Å². The molecular weight excluding hydrogens is 285 g/mol. The minimum Gasteiger partial charge on any atom is -0.264 e. The minimum atomic E-state index is -1.63. The van der Waals surface area contributed by atoms with E-state index in [-0.39, 0.29) is 5.56 Å². The zero-order valence-electron chi connectivity index (χ0n) is 8.97. The summed E-state index contributed by atoms with van der Waals surface area (Å²) in [7, 11) is 1.81. The number of hydrogen-bond donors (Lipinski definition) is 1. The zero-order valence-corrected chi connectivity index (χ0v) is 13.2. The Labute approximate surface area is 108 Å². The van der Waals surface area contributed by atoms with E-state index < -0.39 is 4.87 Å². The Kier molecular flexibility index (Phi) is 5.60. The smallest absolute Gasteiger partial charge is 0.264 e. The molecule has 0 amide bonds. The Morgan fingerprint density at radius 2 is 2.00 bits per heavy atom. The van der Waals surface area contributed by atoms with Gasteiger partial charge in [-0.3, -0.25) is 8.75 Å². The summed E-state index contributed by atoms with van der Waals surface area (Å²) in [4.78, 5) is 10.3. The number of hydrogen-bond acceptors (Lipinski definition) is 5. The fourth-order valence-corrected chi connectivity index (χ4v) is 13.6. The Morgan fingerprint density at radius 3 is 2.33 bits per heavy atom. The van der Waals surface area contributed by atoms with Crippen molar-refractivity contribution >= 4 is 56.7 Å². The summed E-state index contributed by atoms with van der Waals surface area (Å²) in [5.41, 5.74) is 0.130. The van der Waals surface area contributed by atoms with Gasteiger partial charge in [-0.15, -0.1) is 0 Å². The molecule has 0 saturated heterocycles. The van der Waals surface area contributed by atoms with Crippen molar-refractivity contribution in [2.75, 3.05) is 11.5 Å². The molecular formula is C8H15NOPS4+. The fourth-order valence-electron chi connectivity index (χ4n) is 1.10. The van der Waals surface area contributed by atoms with E-state index in [9.17, 15) is 4.79 Å². The molecule has 0 N–H and O–H groups in total. The van der Waals surface area contributed by atoms with Crippen molar-refractivity contribution in [1.82, 2.24) is 3.96 Å². The lowest BCUT2D eigenvalue weighted by molar-refractivity contribution is 0.988. The molecule has 0 saturated carbocycles. The second-order valence-electron chi connectivity index (χ2n) is 2.77. The summed E-state index contributed by atoms with van der Waals surface area (Å²) >= 11 is 9.88. The van der Waals surface area contributed by atoms with E-state index >= 15 is 0 Å². The first-order chi connectivity index (χ1) is 7.05. The molecule has 0 aliphatic rings. The Morgan fingerprint density at radius 1 is 1.47 bits per heavy atom. The summed E-state index contributed by atoms with van der Waals surface area (Å²) in [5, 5.41) is 2.88. The first-order valence-corrected chi connectivity index (χ1v) is 11.6. The van der Waals surface area contributed by atoms with Crippen LogP contribution >= 0.6 is 51.4 Å². The lowest BCUT2D eigenvalue weighted by atomic mass is 10.7. The number of thiol groups is 1. The average molecular weight is 300 g/mol. The largest absolute Gasteiger partial charge is 0.305 e. The molecule has 0 unspecified atom stereocenters. The quantitative estimate of drug-likeness (QED) is 0.666. The highest BCUT2D eigenvalue weighted by Gasteiger charge is 2.43. The molecule has 1 aromatic rings. The molecule has 86 valence electrons. The van der Waals surface area contributed by atoms with Crippen LogP contribution in [0.4, 0.5) is 0 Å². The Balaban J connectivity index is 3.09. The van der Waals surface area contributed by atoms with Crippen molar-refractivity contribution in [3.05, 3.63) is 15.7 Å².